The topological polar surface area (TPSA) is 53.0 Å². The second-order valence-electron chi connectivity index (χ2n) is 7.07. The van der Waals surface area contributed by atoms with Gasteiger partial charge in [-0.25, -0.2) is 9.38 Å². The number of aliphatic imine (C=N–C) groups is 1. The molecule has 0 atom stereocenters. The maximum atomic E-state index is 14.5. The molecule has 0 aliphatic carbocycles. The Bertz CT molecular complexity index is 1100. The van der Waals surface area contributed by atoms with E-state index >= 15 is 0 Å². The molecule has 0 unspecified atom stereocenters. The summed E-state index contributed by atoms with van der Waals surface area (Å²) in [5.41, 5.74) is 0.844. The molecule has 2 aliphatic rings. The Morgan fingerprint density at radius 1 is 1.13 bits per heavy atom. The van der Waals surface area contributed by atoms with Crippen molar-refractivity contribution in [3.8, 4) is 0 Å². The van der Waals surface area contributed by atoms with Gasteiger partial charge in [0, 0.05) is 13.1 Å². The zero-order valence-corrected chi connectivity index (χ0v) is 18.7. The lowest BCUT2D eigenvalue weighted by Crippen LogP contribution is -2.33. The number of hydrogen-bond acceptors (Lipinski definition) is 4. The summed E-state index contributed by atoms with van der Waals surface area (Å²) in [6.45, 7) is 1.48. The van der Waals surface area contributed by atoms with Crippen molar-refractivity contribution in [1.29, 1.82) is 0 Å². The van der Waals surface area contributed by atoms with Crippen molar-refractivity contribution in [1.82, 2.24) is 4.90 Å². The minimum Gasteiger partial charge on any atom is -0.342 e. The first kappa shape index (κ1) is 21.9. The Morgan fingerprint density at radius 2 is 1.87 bits per heavy atom. The second kappa shape index (κ2) is 9.42. The second-order valence-corrected chi connectivity index (χ2v) is 8.82. The monoisotopic (exact) mass is 477 g/mol. The highest BCUT2D eigenvalue weighted by Crippen LogP contribution is 2.32. The molecule has 0 radical (unpaired) electrons. The van der Waals surface area contributed by atoms with E-state index in [1.807, 2.05) is 0 Å². The SMILES string of the molecule is O=C(CSC1=N/C(=C\c2ccc(Cl)c(Cl)c2)C(=O)N1c1ccccc1F)N1CCCC1. The van der Waals surface area contributed by atoms with Crippen molar-refractivity contribution in [2.75, 3.05) is 23.7 Å². The van der Waals surface area contributed by atoms with Crippen LogP contribution in [0.15, 0.2) is 53.2 Å². The predicted octanol–water partition coefficient (Wildman–Crippen LogP) is 5.23. The molecule has 2 heterocycles. The highest BCUT2D eigenvalue weighted by Gasteiger charge is 2.34. The van der Waals surface area contributed by atoms with Gasteiger partial charge in [-0.2, -0.15) is 0 Å². The number of amidine groups is 1. The Labute approximate surface area is 193 Å². The van der Waals surface area contributed by atoms with Gasteiger partial charge in [-0.3, -0.25) is 14.5 Å². The van der Waals surface area contributed by atoms with Gasteiger partial charge in [0.25, 0.3) is 5.91 Å². The fraction of sp³-hybridized carbons (Fsp3) is 0.227. The van der Waals surface area contributed by atoms with E-state index in [1.165, 1.54) is 17.0 Å². The maximum Gasteiger partial charge on any atom is 0.283 e. The minimum absolute atomic E-state index is 0.0203. The Hall–Kier alpha value is -2.35. The molecule has 31 heavy (non-hydrogen) atoms. The van der Waals surface area contributed by atoms with E-state index in [0.717, 1.165) is 37.7 Å². The van der Waals surface area contributed by atoms with E-state index in [4.69, 9.17) is 23.2 Å². The number of likely N-dealkylation sites (tertiary alicyclic amines) is 1. The van der Waals surface area contributed by atoms with E-state index in [0.29, 0.717) is 15.6 Å². The number of hydrogen-bond donors (Lipinski definition) is 0. The van der Waals surface area contributed by atoms with Gasteiger partial charge in [0.05, 0.1) is 21.5 Å². The van der Waals surface area contributed by atoms with Crippen molar-refractivity contribution in [3.63, 3.8) is 0 Å². The van der Waals surface area contributed by atoms with E-state index in [1.54, 1.807) is 41.3 Å². The third-order valence-corrected chi connectivity index (χ3v) is 6.62. The molecule has 2 amide bonds. The van der Waals surface area contributed by atoms with Crippen molar-refractivity contribution in [2.45, 2.75) is 12.8 Å². The van der Waals surface area contributed by atoms with Gasteiger partial charge in [-0.15, -0.1) is 0 Å². The number of benzene rings is 2. The molecule has 0 N–H and O–H groups in total. The van der Waals surface area contributed by atoms with Gasteiger partial charge >= 0.3 is 0 Å². The fourth-order valence-electron chi connectivity index (χ4n) is 3.38. The highest BCUT2D eigenvalue weighted by molar-refractivity contribution is 8.14. The summed E-state index contributed by atoms with van der Waals surface area (Å²) in [7, 11) is 0. The van der Waals surface area contributed by atoms with Crippen molar-refractivity contribution in [3.05, 3.63) is 69.6 Å². The summed E-state index contributed by atoms with van der Waals surface area (Å²) in [5.74, 6) is -0.928. The zero-order valence-electron chi connectivity index (χ0n) is 16.4. The maximum absolute atomic E-state index is 14.5. The summed E-state index contributed by atoms with van der Waals surface area (Å²) in [4.78, 5) is 33.0. The summed E-state index contributed by atoms with van der Waals surface area (Å²) >= 11 is 13.1. The van der Waals surface area contributed by atoms with Crippen LogP contribution in [-0.4, -0.2) is 40.7 Å². The van der Waals surface area contributed by atoms with Crippen LogP contribution in [0.3, 0.4) is 0 Å². The first-order valence-corrected chi connectivity index (χ1v) is 11.4. The number of anilines is 1. The van der Waals surface area contributed by atoms with Crippen LogP contribution in [0.5, 0.6) is 0 Å². The molecule has 160 valence electrons. The van der Waals surface area contributed by atoms with E-state index in [2.05, 4.69) is 4.99 Å². The molecule has 2 aromatic rings. The van der Waals surface area contributed by atoms with Crippen LogP contribution in [0.25, 0.3) is 6.08 Å². The van der Waals surface area contributed by atoms with Crippen molar-refractivity contribution in [2.24, 2.45) is 4.99 Å². The molecule has 0 spiro atoms. The van der Waals surface area contributed by atoms with Gasteiger partial charge in [-0.05, 0) is 48.7 Å². The lowest BCUT2D eigenvalue weighted by atomic mass is 10.2. The predicted molar refractivity (Wildman–Crippen MR) is 124 cm³/mol. The first-order chi connectivity index (χ1) is 14.9. The number of carbonyl (C=O) groups is 2. The largest absolute Gasteiger partial charge is 0.342 e. The summed E-state index contributed by atoms with van der Waals surface area (Å²) in [6.07, 6.45) is 3.55. The fourth-order valence-corrected chi connectivity index (χ4v) is 4.60. The van der Waals surface area contributed by atoms with Crippen molar-refractivity contribution < 1.29 is 14.0 Å². The van der Waals surface area contributed by atoms with Crippen LogP contribution in [0, 0.1) is 5.82 Å². The number of halogens is 3. The summed E-state index contributed by atoms with van der Waals surface area (Å²) in [6, 6.07) is 10.9. The van der Waals surface area contributed by atoms with Gasteiger partial charge < -0.3 is 4.90 Å². The molecule has 0 saturated carbocycles. The average Bonchev–Trinajstić information content (AvgIpc) is 3.39. The molecule has 1 saturated heterocycles. The third kappa shape index (κ3) is 4.79. The van der Waals surface area contributed by atoms with Crippen LogP contribution >= 0.6 is 35.0 Å². The summed E-state index contributed by atoms with van der Waals surface area (Å²) in [5, 5.41) is 1.01. The van der Waals surface area contributed by atoms with Crippen LogP contribution in [0.2, 0.25) is 10.0 Å². The van der Waals surface area contributed by atoms with Gasteiger partial charge in [0.2, 0.25) is 5.91 Å². The van der Waals surface area contributed by atoms with Crippen LogP contribution in [0.4, 0.5) is 10.1 Å². The Balaban J connectivity index is 1.64. The molecule has 2 aliphatic heterocycles. The Morgan fingerprint density at radius 3 is 2.58 bits per heavy atom. The molecular formula is C22H18Cl2FN3O2S. The lowest BCUT2D eigenvalue weighted by Gasteiger charge is -2.19. The number of nitrogens with zero attached hydrogens (tertiary/aromatic N) is 3. The molecule has 0 aromatic heterocycles. The molecule has 2 aromatic carbocycles. The van der Waals surface area contributed by atoms with Crippen LogP contribution < -0.4 is 4.90 Å². The normalized spacial score (nSPS) is 17.6. The minimum atomic E-state index is -0.550. The number of amides is 2. The number of para-hydroxylation sites is 1. The molecule has 5 nitrogen and oxygen atoms in total. The number of carbonyl (C=O) groups excluding carboxylic acids is 2. The molecular weight excluding hydrogens is 460 g/mol. The Kier molecular flexibility index (Phi) is 6.65. The van der Waals surface area contributed by atoms with Gasteiger partial charge in [0.1, 0.15) is 11.5 Å². The third-order valence-electron chi connectivity index (χ3n) is 4.95. The van der Waals surface area contributed by atoms with Crippen molar-refractivity contribution >= 4 is 63.7 Å². The number of thioether (sulfide) groups is 1. The number of rotatable bonds is 4. The van der Waals surface area contributed by atoms with E-state index < -0.39 is 11.7 Å². The molecule has 0 bridgehead atoms. The molecule has 1 fully saturated rings. The zero-order chi connectivity index (χ0) is 22.0. The molecule has 4 rings (SSSR count). The quantitative estimate of drug-likeness (QED) is 0.566. The molecule has 9 heteroatoms. The van der Waals surface area contributed by atoms with Gasteiger partial charge in [0.15, 0.2) is 5.17 Å². The first-order valence-electron chi connectivity index (χ1n) is 9.69. The van der Waals surface area contributed by atoms with E-state index in [-0.39, 0.29) is 28.2 Å². The van der Waals surface area contributed by atoms with Gasteiger partial charge in [-0.1, -0.05) is 53.2 Å². The van der Waals surface area contributed by atoms with Crippen LogP contribution in [0.1, 0.15) is 18.4 Å². The average molecular weight is 478 g/mol. The van der Waals surface area contributed by atoms with E-state index in [9.17, 15) is 14.0 Å². The summed E-state index contributed by atoms with van der Waals surface area (Å²) < 4.78 is 14.5. The lowest BCUT2D eigenvalue weighted by molar-refractivity contribution is -0.127. The highest BCUT2D eigenvalue weighted by atomic mass is 35.5. The standard InChI is InChI=1S/C22H18Cl2FN3O2S/c23-15-8-7-14(11-16(15)24)12-18-21(30)28(19-6-2-1-5-17(19)25)22(26-18)31-13-20(29)27-9-3-4-10-27/h1-2,5-8,11-12H,3-4,9-10,13H2/b18-12-. The van der Waals surface area contributed by atoms with Crippen LogP contribution in [-0.2, 0) is 9.59 Å². The smallest absolute Gasteiger partial charge is 0.283 e.